The van der Waals surface area contributed by atoms with E-state index in [1.807, 2.05) is 0 Å². The summed E-state index contributed by atoms with van der Waals surface area (Å²) in [5, 5.41) is 0. The van der Waals surface area contributed by atoms with Crippen molar-refractivity contribution >= 4 is 40.3 Å². The third-order valence-corrected chi connectivity index (χ3v) is 4.26. The number of benzene rings is 1. The van der Waals surface area contributed by atoms with Gasteiger partial charge in [-0.3, -0.25) is 9.69 Å². The van der Waals surface area contributed by atoms with Crippen molar-refractivity contribution in [3.05, 3.63) is 55.9 Å². The number of hydrogen-bond acceptors (Lipinski definition) is 3. The molecule has 0 saturated heterocycles. The zero-order valence-electron chi connectivity index (χ0n) is 10.7. The molecule has 2 aromatic rings. The standard InChI is InChI=1S/C14H12Cl2FNOS/c1-18(7-9-4-2-3-5-11(9)17)8-12(19)10-6-13(15)20-14(10)16/h2-6H,7-8H2,1H3. The Labute approximate surface area is 130 Å². The number of carbonyl (C=O) groups is 1. The average molecular weight is 332 g/mol. The molecule has 0 radical (unpaired) electrons. The second-order valence-corrected chi connectivity index (χ2v) is 6.71. The molecule has 0 bridgehead atoms. The van der Waals surface area contributed by atoms with Crippen LogP contribution in [0.2, 0.25) is 8.67 Å². The van der Waals surface area contributed by atoms with Crippen LogP contribution in [-0.2, 0) is 6.54 Å². The van der Waals surface area contributed by atoms with Crippen molar-refractivity contribution in [3.8, 4) is 0 Å². The molecule has 20 heavy (non-hydrogen) atoms. The van der Waals surface area contributed by atoms with E-state index >= 15 is 0 Å². The van der Waals surface area contributed by atoms with Gasteiger partial charge in [-0.1, -0.05) is 41.4 Å². The minimum absolute atomic E-state index is 0.128. The Morgan fingerprint density at radius 2 is 2.05 bits per heavy atom. The van der Waals surface area contributed by atoms with Gasteiger partial charge in [-0.15, -0.1) is 11.3 Å². The first kappa shape index (κ1) is 15.4. The molecule has 0 aliphatic carbocycles. The number of thiophene rings is 1. The monoisotopic (exact) mass is 331 g/mol. The number of carbonyl (C=O) groups excluding carboxylic acids is 1. The van der Waals surface area contributed by atoms with Gasteiger partial charge in [0.05, 0.1) is 16.4 Å². The molecular weight excluding hydrogens is 320 g/mol. The second-order valence-electron chi connectivity index (χ2n) is 4.42. The first-order chi connectivity index (χ1) is 9.47. The summed E-state index contributed by atoms with van der Waals surface area (Å²) >= 11 is 12.9. The third-order valence-electron chi connectivity index (χ3n) is 2.77. The fourth-order valence-corrected chi connectivity index (χ4v) is 3.33. The Hall–Kier alpha value is -0.940. The van der Waals surface area contributed by atoms with E-state index in [1.54, 1.807) is 36.2 Å². The van der Waals surface area contributed by atoms with Gasteiger partial charge in [0.2, 0.25) is 0 Å². The highest BCUT2D eigenvalue weighted by Crippen LogP contribution is 2.31. The molecule has 6 heteroatoms. The molecule has 0 aliphatic rings. The van der Waals surface area contributed by atoms with Crippen molar-refractivity contribution in [2.24, 2.45) is 0 Å². The summed E-state index contributed by atoms with van der Waals surface area (Å²) in [5.41, 5.74) is 0.972. The number of halogens is 3. The van der Waals surface area contributed by atoms with E-state index in [2.05, 4.69) is 0 Å². The number of Topliss-reactive ketones (excluding diaryl/α,β-unsaturated/α-hetero) is 1. The summed E-state index contributed by atoms with van der Waals surface area (Å²) in [5.74, 6) is -0.402. The van der Waals surface area contributed by atoms with Crippen LogP contribution in [0.3, 0.4) is 0 Å². The molecule has 1 heterocycles. The SMILES string of the molecule is CN(CC(=O)c1cc(Cl)sc1Cl)Cc1ccccc1F. The molecular formula is C14H12Cl2FNOS. The molecule has 1 aromatic carbocycles. The lowest BCUT2D eigenvalue weighted by molar-refractivity contribution is 0.0943. The maximum absolute atomic E-state index is 13.5. The smallest absolute Gasteiger partial charge is 0.179 e. The Morgan fingerprint density at radius 3 is 2.65 bits per heavy atom. The lowest BCUT2D eigenvalue weighted by Gasteiger charge is -2.16. The Kier molecular flexibility index (Phi) is 5.16. The number of ketones is 1. The molecule has 1 aromatic heterocycles. The number of rotatable bonds is 5. The fraction of sp³-hybridized carbons (Fsp3) is 0.214. The van der Waals surface area contributed by atoms with Gasteiger partial charge in [-0.2, -0.15) is 0 Å². The minimum atomic E-state index is -0.275. The van der Waals surface area contributed by atoms with Crippen LogP contribution in [0, 0.1) is 5.82 Å². The van der Waals surface area contributed by atoms with E-state index in [1.165, 1.54) is 6.07 Å². The lowest BCUT2D eigenvalue weighted by Crippen LogP contribution is -2.26. The first-order valence-electron chi connectivity index (χ1n) is 5.87. The van der Waals surface area contributed by atoms with Gasteiger partial charge in [-0.05, 0) is 19.2 Å². The summed E-state index contributed by atoms with van der Waals surface area (Å²) in [4.78, 5) is 13.8. The molecule has 0 fully saturated rings. The number of likely N-dealkylation sites (N-methyl/N-ethyl adjacent to an activating group) is 1. The molecule has 2 rings (SSSR count). The van der Waals surface area contributed by atoms with Crippen LogP contribution in [-0.4, -0.2) is 24.3 Å². The van der Waals surface area contributed by atoms with Gasteiger partial charge in [-0.25, -0.2) is 4.39 Å². The second kappa shape index (κ2) is 6.68. The summed E-state index contributed by atoms with van der Waals surface area (Å²) in [6.07, 6.45) is 0. The van der Waals surface area contributed by atoms with E-state index in [0.717, 1.165) is 11.3 Å². The van der Waals surface area contributed by atoms with E-state index < -0.39 is 0 Å². The van der Waals surface area contributed by atoms with Crippen molar-refractivity contribution in [2.45, 2.75) is 6.54 Å². The molecule has 0 N–H and O–H groups in total. The summed E-state index contributed by atoms with van der Waals surface area (Å²) in [6.45, 7) is 0.509. The minimum Gasteiger partial charge on any atom is -0.294 e. The molecule has 0 amide bonds. The van der Waals surface area contributed by atoms with Crippen LogP contribution < -0.4 is 0 Å². The van der Waals surface area contributed by atoms with Gasteiger partial charge in [0, 0.05) is 12.1 Å². The van der Waals surface area contributed by atoms with Crippen LogP contribution in [0.1, 0.15) is 15.9 Å². The van der Waals surface area contributed by atoms with Crippen molar-refractivity contribution in [1.29, 1.82) is 0 Å². The molecule has 0 atom stereocenters. The fourth-order valence-electron chi connectivity index (χ4n) is 1.83. The van der Waals surface area contributed by atoms with Crippen molar-refractivity contribution in [1.82, 2.24) is 4.90 Å². The molecule has 0 spiro atoms. The summed E-state index contributed by atoms with van der Waals surface area (Å²) in [7, 11) is 1.76. The van der Waals surface area contributed by atoms with Gasteiger partial charge < -0.3 is 0 Å². The van der Waals surface area contributed by atoms with Gasteiger partial charge in [0.25, 0.3) is 0 Å². The maximum Gasteiger partial charge on any atom is 0.179 e. The third kappa shape index (κ3) is 3.79. The first-order valence-corrected chi connectivity index (χ1v) is 7.44. The highest BCUT2D eigenvalue weighted by Gasteiger charge is 2.16. The topological polar surface area (TPSA) is 20.3 Å². The molecule has 0 aliphatic heterocycles. The molecule has 2 nitrogen and oxygen atoms in total. The van der Waals surface area contributed by atoms with Crippen molar-refractivity contribution in [3.63, 3.8) is 0 Å². The van der Waals surface area contributed by atoms with E-state index in [9.17, 15) is 9.18 Å². The van der Waals surface area contributed by atoms with E-state index in [-0.39, 0.29) is 18.1 Å². The largest absolute Gasteiger partial charge is 0.294 e. The molecule has 106 valence electrons. The van der Waals surface area contributed by atoms with Crippen molar-refractivity contribution < 1.29 is 9.18 Å². The van der Waals surface area contributed by atoms with Crippen LogP contribution in [0.15, 0.2) is 30.3 Å². The Morgan fingerprint density at radius 1 is 1.35 bits per heavy atom. The predicted molar refractivity (Wildman–Crippen MR) is 81.4 cm³/mol. The van der Waals surface area contributed by atoms with E-state index in [4.69, 9.17) is 23.2 Å². The van der Waals surface area contributed by atoms with Gasteiger partial charge >= 0.3 is 0 Å². The summed E-state index contributed by atoms with van der Waals surface area (Å²) in [6, 6.07) is 8.07. The summed E-state index contributed by atoms with van der Waals surface area (Å²) < 4.78 is 14.4. The zero-order valence-corrected chi connectivity index (χ0v) is 13.0. The molecule has 0 unspecified atom stereocenters. The van der Waals surface area contributed by atoms with Crippen LogP contribution in [0.4, 0.5) is 4.39 Å². The van der Waals surface area contributed by atoms with Crippen molar-refractivity contribution in [2.75, 3.05) is 13.6 Å². The quantitative estimate of drug-likeness (QED) is 0.751. The average Bonchev–Trinajstić information content (AvgIpc) is 2.71. The highest BCUT2D eigenvalue weighted by molar-refractivity contribution is 7.20. The van der Waals surface area contributed by atoms with Gasteiger partial charge in [0.1, 0.15) is 10.2 Å². The Balaban J connectivity index is 2.01. The maximum atomic E-state index is 13.5. The number of nitrogens with zero attached hydrogens (tertiary/aromatic N) is 1. The van der Waals surface area contributed by atoms with Crippen LogP contribution >= 0.6 is 34.5 Å². The van der Waals surface area contributed by atoms with Gasteiger partial charge in [0.15, 0.2) is 5.78 Å². The lowest BCUT2D eigenvalue weighted by atomic mass is 10.2. The normalized spacial score (nSPS) is 11.1. The van der Waals surface area contributed by atoms with Crippen LogP contribution in [0.25, 0.3) is 0 Å². The predicted octanol–water partition coefficient (Wildman–Crippen LogP) is 4.51. The number of hydrogen-bond donors (Lipinski definition) is 0. The zero-order chi connectivity index (χ0) is 14.7. The highest BCUT2D eigenvalue weighted by atomic mass is 35.5. The van der Waals surface area contributed by atoms with E-state index in [0.29, 0.717) is 26.3 Å². The van der Waals surface area contributed by atoms with Crippen LogP contribution in [0.5, 0.6) is 0 Å². The Bertz CT molecular complexity index is 629. The molecule has 0 saturated carbocycles.